The van der Waals surface area contributed by atoms with E-state index in [1.54, 1.807) is 6.92 Å². The molecule has 0 aromatic rings. The number of ketones is 1. The summed E-state index contributed by atoms with van der Waals surface area (Å²) in [6.45, 7) is 3.43. The largest absolute Gasteiger partial charge is 0.466 e. The van der Waals surface area contributed by atoms with E-state index in [4.69, 9.17) is 0 Å². The zero-order valence-electron chi connectivity index (χ0n) is 8.42. The number of carbonyl (C=O) groups is 2. The fraction of sp³-hybridized carbons (Fsp3) is 0.600. The molecule has 0 fully saturated rings. The fourth-order valence-corrected chi connectivity index (χ4v) is 0.948. The molecule has 74 valence electrons. The number of allylic oxidation sites excluding steroid dienone is 1. The van der Waals surface area contributed by atoms with Crippen molar-refractivity contribution in [3.05, 3.63) is 11.6 Å². The van der Waals surface area contributed by atoms with Gasteiger partial charge in [0, 0.05) is 12.5 Å². The fourth-order valence-electron chi connectivity index (χ4n) is 0.948. The third-order valence-corrected chi connectivity index (χ3v) is 1.67. The van der Waals surface area contributed by atoms with Crippen LogP contribution in [0.4, 0.5) is 0 Å². The highest BCUT2D eigenvalue weighted by atomic mass is 16.5. The summed E-state index contributed by atoms with van der Waals surface area (Å²) in [4.78, 5) is 21.3. The van der Waals surface area contributed by atoms with Gasteiger partial charge in [0.05, 0.1) is 7.11 Å². The monoisotopic (exact) mass is 184 g/mol. The number of rotatable bonds is 5. The first kappa shape index (κ1) is 11.9. The van der Waals surface area contributed by atoms with Crippen molar-refractivity contribution in [2.75, 3.05) is 7.11 Å². The maximum absolute atomic E-state index is 10.8. The van der Waals surface area contributed by atoms with E-state index in [0.717, 1.165) is 18.4 Å². The van der Waals surface area contributed by atoms with E-state index in [-0.39, 0.29) is 11.8 Å². The van der Waals surface area contributed by atoms with Gasteiger partial charge < -0.3 is 9.53 Å². The SMILES string of the molecule is COC(=O)/C=C(\C)CCCC(C)=O. The summed E-state index contributed by atoms with van der Waals surface area (Å²) in [6.07, 6.45) is 3.61. The second kappa shape index (κ2) is 6.40. The molecule has 3 nitrogen and oxygen atoms in total. The van der Waals surface area contributed by atoms with Crippen molar-refractivity contribution in [2.24, 2.45) is 0 Å². The predicted molar refractivity (Wildman–Crippen MR) is 50.3 cm³/mol. The Morgan fingerprint density at radius 1 is 1.23 bits per heavy atom. The first-order valence-electron chi connectivity index (χ1n) is 4.31. The second-order valence-electron chi connectivity index (χ2n) is 3.07. The van der Waals surface area contributed by atoms with Crippen molar-refractivity contribution in [1.29, 1.82) is 0 Å². The molecule has 0 radical (unpaired) electrons. The molecule has 13 heavy (non-hydrogen) atoms. The van der Waals surface area contributed by atoms with Gasteiger partial charge in [0.15, 0.2) is 0 Å². The highest BCUT2D eigenvalue weighted by molar-refractivity contribution is 5.82. The number of carbonyl (C=O) groups excluding carboxylic acids is 2. The van der Waals surface area contributed by atoms with Crippen LogP contribution in [0, 0.1) is 0 Å². The average Bonchev–Trinajstić information content (AvgIpc) is 2.03. The Morgan fingerprint density at radius 3 is 2.31 bits per heavy atom. The van der Waals surface area contributed by atoms with Crippen LogP contribution in [0.25, 0.3) is 0 Å². The first-order chi connectivity index (χ1) is 6.06. The van der Waals surface area contributed by atoms with Crippen LogP contribution in [0.5, 0.6) is 0 Å². The van der Waals surface area contributed by atoms with E-state index in [0.29, 0.717) is 6.42 Å². The Bertz CT molecular complexity index is 216. The Labute approximate surface area is 78.8 Å². The predicted octanol–water partition coefficient (Wildman–Crippen LogP) is 1.86. The molecule has 0 saturated carbocycles. The highest BCUT2D eigenvalue weighted by Gasteiger charge is 1.98. The number of methoxy groups -OCH3 is 1. The molecule has 0 rings (SSSR count). The quantitative estimate of drug-likeness (QED) is 0.484. The summed E-state index contributed by atoms with van der Waals surface area (Å²) in [5.41, 5.74) is 0.952. The van der Waals surface area contributed by atoms with E-state index in [1.165, 1.54) is 13.2 Å². The summed E-state index contributed by atoms with van der Waals surface area (Å²) in [6, 6.07) is 0. The van der Waals surface area contributed by atoms with Crippen LogP contribution in [-0.4, -0.2) is 18.9 Å². The molecule has 0 aliphatic heterocycles. The lowest BCUT2D eigenvalue weighted by Crippen LogP contribution is -1.96. The van der Waals surface area contributed by atoms with Crippen molar-refractivity contribution < 1.29 is 14.3 Å². The number of esters is 1. The second-order valence-corrected chi connectivity index (χ2v) is 3.07. The highest BCUT2D eigenvalue weighted by Crippen LogP contribution is 2.06. The Balaban J connectivity index is 3.73. The van der Waals surface area contributed by atoms with E-state index < -0.39 is 0 Å². The lowest BCUT2D eigenvalue weighted by molar-refractivity contribution is -0.134. The molecule has 3 heteroatoms. The minimum Gasteiger partial charge on any atom is -0.466 e. The van der Waals surface area contributed by atoms with Gasteiger partial charge in [-0.25, -0.2) is 4.79 Å². The zero-order valence-corrected chi connectivity index (χ0v) is 8.42. The molecule has 0 aliphatic rings. The number of hydrogen-bond donors (Lipinski definition) is 0. The van der Waals surface area contributed by atoms with Crippen molar-refractivity contribution in [1.82, 2.24) is 0 Å². The topological polar surface area (TPSA) is 43.4 Å². The number of hydrogen-bond acceptors (Lipinski definition) is 3. The summed E-state index contributed by atoms with van der Waals surface area (Å²) in [5, 5.41) is 0. The standard InChI is InChI=1S/C10H16O3/c1-8(7-10(12)13-3)5-4-6-9(2)11/h7H,4-6H2,1-3H3/b8-7+. The molecule has 0 aliphatic carbocycles. The average molecular weight is 184 g/mol. The van der Waals surface area contributed by atoms with E-state index in [9.17, 15) is 9.59 Å². The van der Waals surface area contributed by atoms with Crippen molar-refractivity contribution in [2.45, 2.75) is 33.1 Å². The molecule has 0 heterocycles. The van der Waals surface area contributed by atoms with E-state index >= 15 is 0 Å². The first-order valence-corrected chi connectivity index (χ1v) is 4.31. The molecule has 0 unspecified atom stereocenters. The van der Waals surface area contributed by atoms with Gasteiger partial charge in [-0.1, -0.05) is 5.57 Å². The maximum atomic E-state index is 10.8. The van der Waals surface area contributed by atoms with Crippen LogP contribution in [0.15, 0.2) is 11.6 Å². The van der Waals surface area contributed by atoms with Gasteiger partial charge >= 0.3 is 5.97 Å². The van der Waals surface area contributed by atoms with Crippen LogP contribution in [0.3, 0.4) is 0 Å². The number of Topliss-reactive ketones (excluding diaryl/α,β-unsaturated/α-hetero) is 1. The molecule has 0 aromatic heterocycles. The smallest absolute Gasteiger partial charge is 0.330 e. The molecule has 0 saturated heterocycles. The lowest BCUT2D eigenvalue weighted by atomic mass is 10.1. The molecule has 0 spiro atoms. The Hall–Kier alpha value is -1.12. The molecule has 0 N–H and O–H groups in total. The summed E-state index contributed by atoms with van der Waals surface area (Å²) in [5.74, 6) is -0.147. The van der Waals surface area contributed by atoms with Crippen LogP contribution in [0.1, 0.15) is 33.1 Å². The van der Waals surface area contributed by atoms with Crippen molar-refractivity contribution in [3.63, 3.8) is 0 Å². The normalized spacial score (nSPS) is 11.2. The van der Waals surface area contributed by atoms with Crippen LogP contribution in [0.2, 0.25) is 0 Å². The third kappa shape index (κ3) is 7.25. The van der Waals surface area contributed by atoms with Crippen molar-refractivity contribution in [3.8, 4) is 0 Å². The maximum Gasteiger partial charge on any atom is 0.330 e. The molecule has 0 aromatic carbocycles. The van der Waals surface area contributed by atoms with Gasteiger partial charge in [0.25, 0.3) is 0 Å². The summed E-state index contributed by atoms with van der Waals surface area (Å²) >= 11 is 0. The molecular formula is C10H16O3. The molecular weight excluding hydrogens is 168 g/mol. The van der Waals surface area contributed by atoms with E-state index in [1.807, 2.05) is 6.92 Å². The van der Waals surface area contributed by atoms with Gasteiger partial charge in [-0.05, 0) is 26.7 Å². The van der Waals surface area contributed by atoms with E-state index in [2.05, 4.69) is 4.74 Å². The third-order valence-electron chi connectivity index (χ3n) is 1.67. The Kier molecular flexibility index (Phi) is 5.85. The van der Waals surface area contributed by atoms with Crippen LogP contribution in [-0.2, 0) is 14.3 Å². The van der Waals surface area contributed by atoms with Crippen LogP contribution < -0.4 is 0 Å². The summed E-state index contributed by atoms with van der Waals surface area (Å²) < 4.78 is 4.47. The minimum atomic E-state index is -0.333. The zero-order chi connectivity index (χ0) is 10.3. The Morgan fingerprint density at radius 2 is 1.85 bits per heavy atom. The van der Waals surface area contributed by atoms with Gasteiger partial charge in [-0.2, -0.15) is 0 Å². The minimum absolute atomic E-state index is 0.186. The van der Waals surface area contributed by atoms with Crippen LogP contribution >= 0.6 is 0 Å². The lowest BCUT2D eigenvalue weighted by Gasteiger charge is -1.98. The van der Waals surface area contributed by atoms with Gasteiger partial charge in [0.1, 0.15) is 5.78 Å². The van der Waals surface area contributed by atoms with Gasteiger partial charge in [0.2, 0.25) is 0 Å². The van der Waals surface area contributed by atoms with Gasteiger partial charge in [-0.15, -0.1) is 0 Å². The van der Waals surface area contributed by atoms with Crippen molar-refractivity contribution >= 4 is 11.8 Å². The number of ether oxygens (including phenoxy) is 1. The van der Waals surface area contributed by atoms with Gasteiger partial charge in [-0.3, -0.25) is 0 Å². The summed E-state index contributed by atoms with van der Waals surface area (Å²) in [7, 11) is 1.35. The molecule has 0 amide bonds. The molecule has 0 bridgehead atoms. The molecule has 0 atom stereocenters.